The van der Waals surface area contributed by atoms with E-state index in [0.29, 0.717) is 36.7 Å². The van der Waals surface area contributed by atoms with Crippen molar-refractivity contribution in [2.75, 3.05) is 39.8 Å². The number of rotatable bonds is 24. The third-order valence-corrected chi connectivity index (χ3v) is 13.9. The van der Waals surface area contributed by atoms with Crippen LogP contribution in [0.15, 0.2) is 101 Å². The first kappa shape index (κ1) is 48.5. The number of nitrogens with zero attached hydrogens (tertiary/aromatic N) is 3. The van der Waals surface area contributed by atoms with Crippen LogP contribution in [0.5, 0.6) is 11.5 Å². The fraction of sp³-hybridized carbons (Fsp3) is 0.478. The predicted molar refractivity (Wildman–Crippen MR) is 240 cm³/mol. The minimum absolute atomic E-state index is 0.00249. The molecule has 5 rings (SSSR count). The van der Waals surface area contributed by atoms with Gasteiger partial charge in [0.05, 0.1) is 51.8 Å². The maximum atomic E-state index is 13.6. The number of carbonyl (C=O) groups excluding carboxylic acids is 1. The van der Waals surface area contributed by atoms with Crippen LogP contribution >= 0.6 is 20.3 Å². The van der Waals surface area contributed by atoms with Gasteiger partial charge in [0, 0.05) is 30.8 Å². The molecule has 62 heavy (non-hydrogen) atoms. The molecule has 0 aliphatic carbocycles. The average molecular weight is 891 g/mol. The van der Waals surface area contributed by atoms with Gasteiger partial charge in [0.25, 0.3) is 14.1 Å². The second-order valence-electron chi connectivity index (χ2n) is 15.1. The Kier molecular flexibility index (Phi) is 18.6. The highest BCUT2D eigenvalue weighted by Crippen LogP contribution is 2.52. The highest BCUT2D eigenvalue weighted by molar-refractivity contribution is 8.00. The Balaban J connectivity index is 1.65. The zero-order valence-corrected chi connectivity index (χ0v) is 38.3. The van der Waals surface area contributed by atoms with Crippen molar-refractivity contribution in [1.29, 1.82) is 5.26 Å². The van der Waals surface area contributed by atoms with E-state index >= 15 is 0 Å². The molecule has 4 aromatic rings. The van der Waals surface area contributed by atoms with Crippen LogP contribution in [0.3, 0.4) is 0 Å². The summed E-state index contributed by atoms with van der Waals surface area (Å²) in [7, 11) is 1.44. The Bertz CT molecular complexity index is 2090. The smallest absolute Gasteiger partial charge is 0.330 e. The molecule has 0 spiro atoms. The Hall–Kier alpha value is -4.52. The van der Waals surface area contributed by atoms with Crippen LogP contribution in [0, 0.1) is 11.3 Å². The zero-order valence-electron chi connectivity index (χ0n) is 36.6. The lowest BCUT2D eigenvalue weighted by molar-refractivity contribution is -0.143. The topological polar surface area (TPSA) is 164 Å². The lowest BCUT2D eigenvalue weighted by atomic mass is 9.80. The molecule has 3 aromatic carbocycles. The maximum Gasteiger partial charge on any atom is 0.330 e. The molecule has 1 aliphatic rings. The normalized spacial score (nSPS) is 18.2. The molecule has 1 N–H and O–H groups in total. The molecule has 14 nitrogen and oxygen atoms in total. The molecule has 1 unspecified atom stereocenters. The number of benzene rings is 3. The van der Waals surface area contributed by atoms with E-state index in [9.17, 15) is 19.6 Å². The number of ether oxygens (including phenoxy) is 5. The molecule has 0 radical (unpaired) electrons. The lowest BCUT2D eigenvalue weighted by Crippen LogP contribution is -2.42. The number of H-pyrrole nitrogens is 1. The fourth-order valence-corrected chi connectivity index (χ4v) is 10.8. The van der Waals surface area contributed by atoms with Gasteiger partial charge in [0.15, 0.2) is 6.23 Å². The summed E-state index contributed by atoms with van der Waals surface area (Å²) in [6, 6.07) is 28.8. The van der Waals surface area contributed by atoms with Gasteiger partial charge < -0.3 is 32.7 Å². The van der Waals surface area contributed by atoms with Gasteiger partial charge >= 0.3 is 11.7 Å². The molecular weight excluding hydrogens is 832 g/mol. The SMILES string of the molecule is CCOC(=O)CCCCS[C@@H]1[C@H](OP(OCCC#N)N(C(C)C)C(C)C)[C@@H](COC(c2ccccc2)(c2ccc(OC)cc2)c2ccc(OC)cc2)O[C@H]1n1ccc(=O)[nH]c1=O. The third-order valence-electron chi connectivity index (χ3n) is 10.3. The molecule has 1 aliphatic heterocycles. The van der Waals surface area contributed by atoms with Gasteiger partial charge in [0.1, 0.15) is 29.3 Å². The molecule has 0 bridgehead atoms. The van der Waals surface area contributed by atoms with E-state index in [1.807, 2.05) is 78.9 Å². The number of aromatic nitrogens is 2. The minimum atomic E-state index is -1.80. The van der Waals surface area contributed by atoms with Crippen LogP contribution < -0.4 is 20.7 Å². The van der Waals surface area contributed by atoms with E-state index in [1.54, 1.807) is 32.9 Å². The Morgan fingerprint density at radius 1 is 0.919 bits per heavy atom. The van der Waals surface area contributed by atoms with Crippen LogP contribution in [-0.2, 0) is 33.7 Å². The van der Waals surface area contributed by atoms with E-state index in [1.165, 1.54) is 16.8 Å². The van der Waals surface area contributed by atoms with Crippen molar-refractivity contribution in [3.63, 3.8) is 0 Å². The summed E-state index contributed by atoms with van der Waals surface area (Å²) in [4.78, 5) is 40.5. The summed E-state index contributed by atoms with van der Waals surface area (Å²) in [5, 5.41) is 8.95. The van der Waals surface area contributed by atoms with Crippen molar-refractivity contribution in [2.24, 2.45) is 0 Å². The second-order valence-corrected chi connectivity index (χ2v) is 17.8. The first-order valence-electron chi connectivity index (χ1n) is 20.9. The van der Waals surface area contributed by atoms with Gasteiger partial charge in [-0.1, -0.05) is 54.6 Å². The minimum Gasteiger partial charge on any atom is -0.497 e. The maximum absolute atomic E-state index is 13.6. The standard InChI is InChI=1S/C46H59N4O10PS/c1-8-56-41(52)17-12-13-30-62-43-42(60-61(58-29-14-27-47)50(32(2)3)33(4)5)39(59-44(43)49-28-26-40(51)48-45(49)53)31-57-46(34-15-10-9-11-16-34,35-18-22-37(54-6)23-19-35)36-20-24-38(55-7)25-21-36/h9-11,15-16,18-26,28,32-33,39,42-44H,8,12-14,17,29-31H2,1-7H3,(H,48,51,53)/t39-,42-,43-,44-,61?/m1/s1. The largest absolute Gasteiger partial charge is 0.497 e. The summed E-state index contributed by atoms with van der Waals surface area (Å²) in [6.07, 6.45) is 0.685. The van der Waals surface area contributed by atoms with Gasteiger partial charge in [-0.15, -0.1) is 0 Å². The van der Waals surface area contributed by atoms with Crippen molar-refractivity contribution in [2.45, 2.75) is 102 Å². The number of thioether (sulfide) groups is 1. The molecule has 334 valence electrons. The van der Waals surface area contributed by atoms with Crippen LogP contribution in [0.2, 0.25) is 0 Å². The quantitative estimate of drug-likeness (QED) is 0.0312. The van der Waals surface area contributed by atoms with Crippen molar-refractivity contribution >= 4 is 26.3 Å². The van der Waals surface area contributed by atoms with Gasteiger partial charge in [-0.05, 0) is 94.2 Å². The number of nitriles is 1. The van der Waals surface area contributed by atoms with Crippen LogP contribution in [-0.4, -0.2) is 89.5 Å². The Morgan fingerprint density at radius 2 is 1.53 bits per heavy atom. The number of aromatic amines is 1. The molecule has 1 saturated heterocycles. The first-order chi connectivity index (χ1) is 30.0. The number of nitrogens with one attached hydrogen (secondary N) is 1. The number of carbonyl (C=O) groups is 1. The summed E-state index contributed by atoms with van der Waals surface area (Å²) in [6.45, 7) is 10.5. The highest BCUT2D eigenvalue weighted by Gasteiger charge is 2.51. The van der Waals surface area contributed by atoms with Gasteiger partial charge in [-0.25, -0.2) is 9.46 Å². The van der Waals surface area contributed by atoms with Crippen molar-refractivity contribution < 1.29 is 37.5 Å². The molecular formula is C46H59N4O10PS. The molecule has 0 amide bonds. The van der Waals surface area contributed by atoms with Crippen LogP contribution in [0.25, 0.3) is 0 Å². The van der Waals surface area contributed by atoms with Gasteiger partial charge in [0.2, 0.25) is 0 Å². The van der Waals surface area contributed by atoms with E-state index < -0.39 is 49.1 Å². The third kappa shape index (κ3) is 12.1. The molecule has 0 saturated carbocycles. The van der Waals surface area contributed by atoms with Crippen LogP contribution in [0.4, 0.5) is 0 Å². The number of unbranched alkanes of at least 4 members (excludes halogenated alkanes) is 1. The van der Waals surface area contributed by atoms with E-state index in [2.05, 4.69) is 43.4 Å². The second kappa shape index (κ2) is 23.8. The first-order valence-corrected chi connectivity index (χ1v) is 23.1. The fourth-order valence-electron chi connectivity index (χ4n) is 7.50. The molecule has 16 heteroatoms. The Morgan fingerprint density at radius 3 is 2.08 bits per heavy atom. The number of hydrogen-bond acceptors (Lipinski definition) is 13. The highest BCUT2D eigenvalue weighted by atomic mass is 32.2. The molecule has 5 atom stereocenters. The molecule has 1 aromatic heterocycles. The zero-order chi connectivity index (χ0) is 44.6. The number of hydrogen-bond donors (Lipinski definition) is 1. The van der Waals surface area contributed by atoms with Gasteiger partial charge in [-0.2, -0.15) is 17.0 Å². The average Bonchev–Trinajstić information content (AvgIpc) is 3.60. The monoisotopic (exact) mass is 890 g/mol. The van der Waals surface area contributed by atoms with E-state index in [-0.39, 0.29) is 44.1 Å². The van der Waals surface area contributed by atoms with Crippen molar-refractivity contribution in [3.8, 4) is 17.6 Å². The summed E-state index contributed by atoms with van der Waals surface area (Å²) >= 11 is 1.55. The summed E-state index contributed by atoms with van der Waals surface area (Å²) < 4.78 is 47.8. The number of esters is 1. The van der Waals surface area contributed by atoms with Gasteiger partial charge in [-0.3, -0.25) is 19.1 Å². The summed E-state index contributed by atoms with van der Waals surface area (Å²) in [5.74, 6) is 1.70. The number of methoxy groups -OCH3 is 2. The van der Waals surface area contributed by atoms with Crippen molar-refractivity contribution in [1.82, 2.24) is 14.2 Å². The Labute approximate surface area is 369 Å². The van der Waals surface area contributed by atoms with Crippen LogP contribution in [0.1, 0.15) is 83.2 Å². The molecule has 1 fully saturated rings. The predicted octanol–water partition coefficient (Wildman–Crippen LogP) is 7.96. The van der Waals surface area contributed by atoms with Crippen molar-refractivity contribution in [3.05, 3.63) is 129 Å². The summed E-state index contributed by atoms with van der Waals surface area (Å²) in [5.41, 5.74) is 0.110. The van der Waals surface area contributed by atoms with E-state index in [4.69, 9.17) is 32.7 Å². The van der Waals surface area contributed by atoms with E-state index in [0.717, 1.165) is 16.7 Å². The lowest BCUT2D eigenvalue weighted by Gasteiger charge is -2.39. The molecule has 2 heterocycles.